The van der Waals surface area contributed by atoms with Crippen molar-refractivity contribution in [1.29, 1.82) is 0 Å². The van der Waals surface area contributed by atoms with E-state index in [0.29, 0.717) is 0 Å². The van der Waals surface area contributed by atoms with Crippen LogP contribution in [-0.2, 0) is 6.54 Å². The summed E-state index contributed by atoms with van der Waals surface area (Å²) in [6.07, 6.45) is 0. The van der Waals surface area contributed by atoms with E-state index in [9.17, 15) is 0 Å². The Morgan fingerprint density at radius 2 is 2.13 bits per heavy atom. The van der Waals surface area contributed by atoms with Crippen molar-refractivity contribution in [2.45, 2.75) is 6.54 Å². The van der Waals surface area contributed by atoms with Crippen molar-refractivity contribution in [2.24, 2.45) is 0 Å². The van der Waals surface area contributed by atoms with Crippen LogP contribution in [-0.4, -0.2) is 33.3 Å². The van der Waals surface area contributed by atoms with Crippen molar-refractivity contribution in [3.8, 4) is 5.75 Å². The van der Waals surface area contributed by atoms with E-state index in [4.69, 9.17) is 4.74 Å². The zero-order valence-corrected chi connectivity index (χ0v) is 9.33. The van der Waals surface area contributed by atoms with Gasteiger partial charge in [-0.3, -0.25) is 0 Å². The molecule has 3 heteroatoms. The summed E-state index contributed by atoms with van der Waals surface area (Å²) in [6.45, 7) is 6.21. The maximum absolute atomic E-state index is 5.23. The molecule has 0 atom stereocenters. The molecule has 1 saturated heterocycles. The van der Waals surface area contributed by atoms with E-state index in [0.717, 1.165) is 12.3 Å². The Labute approximate surface area is 91.0 Å². The Bertz CT molecular complexity index is 308. The number of benzene rings is 1. The molecule has 1 aliphatic heterocycles. The summed E-state index contributed by atoms with van der Waals surface area (Å²) < 4.78 is 5.23. The Morgan fingerprint density at radius 3 is 2.87 bits per heavy atom. The number of hydrogen-bond acceptors (Lipinski definition) is 1. The molecule has 0 spiro atoms. The molecule has 0 bridgehead atoms. The molecule has 1 fully saturated rings. The van der Waals surface area contributed by atoms with Crippen LogP contribution >= 0.6 is 0 Å². The Balaban J connectivity index is 1.96. The van der Waals surface area contributed by atoms with Crippen LogP contribution in [0.5, 0.6) is 5.75 Å². The molecule has 0 radical (unpaired) electrons. The van der Waals surface area contributed by atoms with E-state index in [1.54, 1.807) is 12.0 Å². The van der Waals surface area contributed by atoms with Crippen LogP contribution in [0.2, 0.25) is 0 Å². The molecular weight excluding hydrogens is 188 g/mol. The molecule has 0 amide bonds. The Hall–Kier alpha value is -1.06. The number of nitrogens with two attached hydrogens (primary N) is 1. The molecule has 1 aliphatic rings. The first-order valence-corrected chi connectivity index (χ1v) is 5.66. The average Bonchev–Trinajstić information content (AvgIpc) is 2.31. The predicted octanol–water partition coefficient (Wildman–Crippen LogP) is -1.34. The number of ether oxygens (including phenoxy) is 1. The lowest BCUT2D eigenvalue weighted by atomic mass is 10.2. The fourth-order valence-electron chi connectivity index (χ4n) is 2.13. The van der Waals surface area contributed by atoms with Crippen LogP contribution in [0.4, 0.5) is 0 Å². The molecule has 0 unspecified atom stereocenters. The van der Waals surface area contributed by atoms with E-state index < -0.39 is 0 Å². The highest BCUT2D eigenvalue weighted by Crippen LogP contribution is 2.11. The highest BCUT2D eigenvalue weighted by molar-refractivity contribution is 5.27. The molecule has 82 valence electrons. The number of nitrogens with one attached hydrogen (secondary N) is 1. The number of methoxy groups -OCH3 is 1. The summed E-state index contributed by atoms with van der Waals surface area (Å²) in [5.41, 5.74) is 1.38. The Morgan fingerprint density at radius 1 is 1.33 bits per heavy atom. The van der Waals surface area contributed by atoms with Crippen LogP contribution in [0, 0.1) is 0 Å². The molecule has 0 aliphatic carbocycles. The first-order chi connectivity index (χ1) is 7.38. The van der Waals surface area contributed by atoms with Gasteiger partial charge in [0.1, 0.15) is 38.5 Å². The van der Waals surface area contributed by atoms with Gasteiger partial charge in [-0.05, 0) is 12.1 Å². The third-order valence-electron chi connectivity index (χ3n) is 2.99. The minimum absolute atomic E-state index is 0.968. The van der Waals surface area contributed by atoms with Gasteiger partial charge in [0.2, 0.25) is 0 Å². The number of hydrogen-bond donors (Lipinski definition) is 2. The highest BCUT2D eigenvalue weighted by atomic mass is 16.5. The highest BCUT2D eigenvalue weighted by Gasteiger charge is 2.15. The van der Waals surface area contributed by atoms with Gasteiger partial charge >= 0.3 is 0 Å². The van der Waals surface area contributed by atoms with Crippen molar-refractivity contribution in [2.75, 3.05) is 33.3 Å². The topological polar surface area (TPSA) is 30.3 Å². The van der Waals surface area contributed by atoms with Gasteiger partial charge in [-0.2, -0.15) is 0 Å². The van der Waals surface area contributed by atoms with E-state index in [1.807, 2.05) is 6.07 Å². The molecule has 0 saturated carbocycles. The summed E-state index contributed by atoms with van der Waals surface area (Å²) in [7, 11) is 1.72. The third kappa shape index (κ3) is 2.94. The third-order valence-corrected chi connectivity index (χ3v) is 2.99. The fraction of sp³-hybridized carbons (Fsp3) is 0.500. The largest absolute Gasteiger partial charge is 0.497 e. The number of quaternary nitrogens is 2. The van der Waals surface area contributed by atoms with Crippen LogP contribution < -0.4 is 15.0 Å². The van der Waals surface area contributed by atoms with E-state index >= 15 is 0 Å². The molecule has 3 nitrogen and oxygen atoms in total. The van der Waals surface area contributed by atoms with Crippen molar-refractivity contribution in [3.05, 3.63) is 29.8 Å². The van der Waals surface area contributed by atoms with Crippen LogP contribution in [0.15, 0.2) is 24.3 Å². The first-order valence-electron chi connectivity index (χ1n) is 5.66. The molecule has 15 heavy (non-hydrogen) atoms. The van der Waals surface area contributed by atoms with Crippen LogP contribution in [0.1, 0.15) is 5.56 Å². The van der Waals surface area contributed by atoms with Crippen molar-refractivity contribution in [3.63, 3.8) is 0 Å². The average molecular weight is 208 g/mol. The SMILES string of the molecule is COc1cccc(C[NH+]2CC[NH2+]CC2)c1. The predicted molar refractivity (Wildman–Crippen MR) is 59.1 cm³/mol. The summed E-state index contributed by atoms with van der Waals surface area (Å²) in [6, 6.07) is 8.41. The second-order valence-corrected chi connectivity index (χ2v) is 4.14. The lowest BCUT2D eigenvalue weighted by Gasteiger charge is -2.22. The summed E-state index contributed by atoms with van der Waals surface area (Å²) >= 11 is 0. The lowest BCUT2D eigenvalue weighted by Crippen LogP contribution is -3.19. The minimum atomic E-state index is 0.968. The van der Waals surface area contributed by atoms with E-state index in [-0.39, 0.29) is 0 Å². The van der Waals surface area contributed by atoms with E-state index in [1.165, 1.54) is 31.7 Å². The normalized spacial score (nSPS) is 17.7. The van der Waals surface area contributed by atoms with Crippen molar-refractivity contribution < 1.29 is 15.0 Å². The van der Waals surface area contributed by atoms with Gasteiger partial charge in [-0.15, -0.1) is 0 Å². The monoisotopic (exact) mass is 208 g/mol. The van der Waals surface area contributed by atoms with Gasteiger partial charge in [-0.1, -0.05) is 12.1 Å². The summed E-state index contributed by atoms with van der Waals surface area (Å²) in [5.74, 6) is 0.968. The van der Waals surface area contributed by atoms with Gasteiger partial charge in [0.05, 0.1) is 7.11 Å². The Kier molecular flexibility index (Phi) is 3.59. The molecule has 1 aromatic rings. The zero-order chi connectivity index (χ0) is 10.5. The second kappa shape index (κ2) is 5.14. The number of rotatable bonds is 3. The standard InChI is InChI=1S/C12H18N2O/c1-15-12-4-2-3-11(9-12)10-14-7-5-13-6-8-14/h2-4,9,13H,5-8,10H2,1H3/p+2. The number of piperazine rings is 1. The second-order valence-electron chi connectivity index (χ2n) is 4.14. The smallest absolute Gasteiger partial charge is 0.127 e. The summed E-state index contributed by atoms with van der Waals surface area (Å²) in [5, 5.41) is 2.40. The zero-order valence-electron chi connectivity index (χ0n) is 9.33. The molecule has 1 heterocycles. The van der Waals surface area contributed by atoms with Crippen LogP contribution in [0.3, 0.4) is 0 Å². The maximum atomic E-state index is 5.23. The molecular formula is C12H20N2O+2. The fourth-order valence-corrected chi connectivity index (χ4v) is 2.13. The molecule has 2 rings (SSSR count). The summed E-state index contributed by atoms with van der Waals surface area (Å²) in [4.78, 5) is 1.69. The molecule has 0 aromatic heterocycles. The lowest BCUT2D eigenvalue weighted by molar-refractivity contribution is -0.958. The maximum Gasteiger partial charge on any atom is 0.127 e. The van der Waals surface area contributed by atoms with Gasteiger partial charge < -0.3 is 15.0 Å². The minimum Gasteiger partial charge on any atom is -0.497 e. The first kappa shape index (κ1) is 10.5. The molecule has 3 N–H and O–H groups in total. The van der Waals surface area contributed by atoms with Crippen molar-refractivity contribution in [1.82, 2.24) is 0 Å². The van der Waals surface area contributed by atoms with Gasteiger partial charge in [0.15, 0.2) is 0 Å². The van der Waals surface area contributed by atoms with Gasteiger partial charge in [-0.25, -0.2) is 0 Å². The quantitative estimate of drug-likeness (QED) is 0.632. The van der Waals surface area contributed by atoms with E-state index in [2.05, 4.69) is 23.5 Å². The van der Waals surface area contributed by atoms with Crippen LogP contribution in [0.25, 0.3) is 0 Å². The van der Waals surface area contributed by atoms with Crippen molar-refractivity contribution >= 4 is 0 Å². The molecule has 1 aromatic carbocycles. The van der Waals surface area contributed by atoms with Gasteiger partial charge in [0, 0.05) is 5.56 Å². The van der Waals surface area contributed by atoms with Gasteiger partial charge in [0.25, 0.3) is 0 Å².